The molecule has 1 atom stereocenters. The van der Waals surface area contributed by atoms with Crippen LogP contribution in [0, 0.1) is 0 Å². The third-order valence-electron chi connectivity index (χ3n) is 4.67. The number of benzene rings is 2. The number of para-hydroxylation sites is 1. The molecule has 3 nitrogen and oxygen atoms in total. The number of aryl methyl sites for hydroxylation is 1. The lowest BCUT2D eigenvalue weighted by Crippen LogP contribution is -2.04. The minimum absolute atomic E-state index is 0.429. The zero-order chi connectivity index (χ0) is 13.8. The lowest BCUT2D eigenvalue weighted by Gasteiger charge is -2.13. The fourth-order valence-corrected chi connectivity index (χ4v) is 3.64. The molecule has 0 spiro atoms. The van der Waals surface area contributed by atoms with Crippen LogP contribution < -0.4 is 0 Å². The van der Waals surface area contributed by atoms with Gasteiger partial charge in [0.25, 0.3) is 0 Å². The highest BCUT2D eigenvalue weighted by Crippen LogP contribution is 2.34. The van der Waals surface area contributed by atoms with Gasteiger partial charge in [0.2, 0.25) is 0 Å². The van der Waals surface area contributed by atoms with Crippen LogP contribution in [0.25, 0.3) is 21.8 Å². The summed E-state index contributed by atoms with van der Waals surface area (Å²) in [7, 11) is 0. The van der Waals surface area contributed by atoms with Crippen molar-refractivity contribution in [2.24, 2.45) is 0 Å². The molecule has 0 aliphatic carbocycles. The van der Waals surface area contributed by atoms with Crippen molar-refractivity contribution in [2.75, 3.05) is 0 Å². The fraction of sp³-hybridized carbons (Fsp3) is 0.167. The number of nitrogens with zero attached hydrogens (tertiary/aromatic N) is 2. The van der Waals surface area contributed by atoms with Gasteiger partial charge in [0.15, 0.2) is 0 Å². The molecule has 102 valence electrons. The van der Waals surface area contributed by atoms with Crippen LogP contribution >= 0.6 is 0 Å². The number of fused-ring (bicyclic) bond motifs is 4. The van der Waals surface area contributed by atoms with E-state index in [1.54, 1.807) is 0 Å². The fourth-order valence-electron chi connectivity index (χ4n) is 3.64. The van der Waals surface area contributed by atoms with Crippen LogP contribution in [0.5, 0.6) is 0 Å². The summed E-state index contributed by atoms with van der Waals surface area (Å²) in [5.41, 5.74) is 5.14. The van der Waals surface area contributed by atoms with Gasteiger partial charge in [0.05, 0.1) is 12.4 Å². The van der Waals surface area contributed by atoms with E-state index in [1.807, 2.05) is 12.5 Å². The number of rotatable bonds is 1. The van der Waals surface area contributed by atoms with E-state index >= 15 is 0 Å². The van der Waals surface area contributed by atoms with E-state index in [4.69, 9.17) is 0 Å². The summed E-state index contributed by atoms with van der Waals surface area (Å²) in [6.07, 6.45) is 6.24. The zero-order valence-electron chi connectivity index (χ0n) is 11.6. The Labute approximate surface area is 122 Å². The molecular formula is C18H15N3. The van der Waals surface area contributed by atoms with Crippen molar-refractivity contribution in [3.63, 3.8) is 0 Å². The average molecular weight is 273 g/mol. The summed E-state index contributed by atoms with van der Waals surface area (Å²) in [5, 5.41) is 2.60. The predicted molar refractivity (Wildman–Crippen MR) is 84.5 cm³/mol. The molecule has 2 aromatic heterocycles. The van der Waals surface area contributed by atoms with Gasteiger partial charge in [-0.05, 0) is 30.5 Å². The van der Waals surface area contributed by atoms with Gasteiger partial charge >= 0.3 is 0 Å². The van der Waals surface area contributed by atoms with Crippen LogP contribution in [-0.4, -0.2) is 14.5 Å². The number of H-pyrrole nitrogens is 1. The Hall–Kier alpha value is -2.55. The van der Waals surface area contributed by atoms with Crippen molar-refractivity contribution >= 4 is 21.8 Å². The summed E-state index contributed by atoms with van der Waals surface area (Å²) in [6.45, 7) is 0. The Morgan fingerprint density at radius 1 is 1.05 bits per heavy atom. The summed E-state index contributed by atoms with van der Waals surface area (Å²) < 4.78 is 2.31. The van der Waals surface area contributed by atoms with Crippen molar-refractivity contribution in [1.82, 2.24) is 14.5 Å². The molecule has 3 heteroatoms. The maximum absolute atomic E-state index is 4.27. The first kappa shape index (κ1) is 11.1. The standard InChI is InChI=1S/C18H15N3/c1-2-4-16-14(3-1)15-7-5-12(9-17(15)20-16)18-8-6-13-10-19-11-21(13)18/h1-5,7,9-11,18,20H,6,8H2. The molecular weight excluding hydrogens is 258 g/mol. The molecule has 4 aromatic rings. The maximum Gasteiger partial charge on any atom is 0.0953 e. The molecule has 3 heterocycles. The van der Waals surface area contributed by atoms with E-state index in [9.17, 15) is 0 Å². The first-order valence-corrected chi connectivity index (χ1v) is 7.41. The van der Waals surface area contributed by atoms with Crippen molar-refractivity contribution in [3.8, 4) is 0 Å². The van der Waals surface area contributed by atoms with Crippen LogP contribution in [0.3, 0.4) is 0 Å². The van der Waals surface area contributed by atoms with Gasteiger partial charge in [0, 0.05) is 33.7 Å². The number of hydrogen-bond donors (Lipinski definition) is 1. The van der Waals surface area contributed by atoms with Gasteiger partial charge < -0.3 is 9.55 Å². The van der Waals surface area contributed by atoms with Crippen LogP contribution in [0.1, 0.15) is 23.7 Å². The molecule has 1 aliphatic rings. The van der Waals surface area contributed by atoms with Gasteiger partial charge in [0.1, 0.15) is 0 Å². The van der Waals surface area contributed by atoms with Gasteiger partial charge in [-0.1, -0.05) is 30.3 Å². The molecule has 1 aliphatic heterocycles. The Morgan fingerprint density at radius 2 is 1.95 bits per heavy atom. The SMILES string of the molecule is c1ccc2c(c1)[nH]c1cc(C3CCc4cncn43)ccc12. The highest BCUT2D eigenvalue weighted by atomic mass is 15.1. The largest absolute Gasteiger partial charge is 0.355 e. The third kappa shape index (κ3) is 1.51. The lowest BCUT2D eigenvalue weighted by atomic mass is 10.0. The number of imidazole rings is 1. The first-order valence-electron chi connectivity index (χ1n) is 7.41. The molecule has 2 aromatic carbocycles. The van der Waals surface area contributed by atoms with Gasteiger partial charge in [-0.3, -0.25) is 0 Å². The average Bonchev–Trinajstić information content (AvgIpc) is 3.19. The second kappa shape index (κ2) is 3.98. The minimum Gasteiger partial charge on any atom is -0.355 e. The van der Waals surface area contributed by atoms with Gasteiger partial charge in [-0.15, -0.1) is 0 Å². The molecule has 21 heavy (non-hydrogen) atoms. The molecule has 0 saturated carbocycles. The van der Waals surface area contributed by atoms with E-state index in [0.717, 1.165) is 6.42 Å². The minimum atomic E-state index is 0.429. The molecule has 5 rings (SSSR count). The summed E-state index contributed by atoms with van der Waals surface area (Å²) in [4.78, 5) is 7.81. The Morgan fingerprint density at radius 3 is 2.95 bits per heavy atom. The molecule has 1 unspecified atom stereocenters. The maximum atomic E-state index is 4.27. The quantitative estimate of drug-likeness (QED) is 0.557. The topological polar surface area (TPSA) is 33.6 Å². The van der Waals surface area contributed by atoms with E-state index in [2.05, 4.69) is 57.0 Å². The number of nitrogens with one attached hydrogen (secondary N) is 1. The Kier molecular flexibility index (Phi) is 2.11. The highest BCUT2D eigenvalue weighted by Gasteiger charge is 2.23. The van der Waals surface area contributed by atoms with Crippen molar-refractivity contribution < 1.29 is 0 Å². The molecule has 0 bridgehead atoms. The van der Waals surface area contributed by atoms with Gasteiger partial charge in [-0.25, -0.2) is 4.98 Å². The molecule has 0 amide bonds. The summed E-state index contributed by atoms with van der Waals surface area (Å²) in [6, 6.07) is 15.7. The Balaban J connectivity index is 1.70. The van der Waals surface area contributed by atoms with Crippen LogP contribution in [0.2, 0.25) is 0 Å². The van der Waals surface area contributed by atoms with Crippen molar-refractivity contribution in [3.05, 3.63) is 66.2 Å². The molecule has 1 N–H and O–H groups in total. The zero-order valence-corrected chi connectivity index (χ0v) is 11.6. The monoisotopic (exact) mass is 273 g/mol. The van der Waals surface area contributed by atoms with E-state index in [0.29, 0.717) is 6.04 Å². The smallest absolute Gasteiger partial charge is 0.0953 e. The van der Waals surface area contributed by atoms with Crippen LogP contribution in [0.15, 0.2) is 55.0 Å². The third-order valence-corrected chi connectivity index (χ3v) is 4.67. The molecule has 0 saturated heterocycles. The van der Waals surface area contributed by atoms with E-state index in [1.165, 1.54) is 39.5 Å². The number of aromatic amines is 1. The molecule has 0 fully saturated rings. The predicted octanol–water partition coefficient (Wildman–Crippen LogP) is 4.05. The number of hydrogen-bond acceptors (Lipinski definition) is 1. The summed E-state index contributed by atoms with van der Waals surface area (Å²) in [5.74, 6) is 0. The van der Waals surface area contributed by atoms with Gasteiger partial charge in [-0.2, -0.15) is 0 Å². The second-order valence-electron chi connectivity index (χ2n) is 5.82. The Bertz CT molecular complexity index is 961. The van der Waals surface area contributed by atoms with Crippen molar-refractivity contribution in [2.45, 2.75) is 18.9 Å². The van der Waals surface area contributed by atoms with Crippen molar-refractivity contribution in [1.29, 1.82) is 0 Å². The van der Waals surface area contributed by atoms with Crippen LogP contribution in [0.4, 0.5) is 0 Å². The summed E-state index contributed by atoms with van der Waals surface area (Å²) >= 11 is 0. The second-order valence-corrected chi connectivity index (χ2v) is 5.82. The normalized spacial score (nSPS) is 17.6. The lowest BCUT2D eigenvalue weighted by molar-refractivity contribution is 0.616. The number of aromatic nitrogens is 3. The first-order chi connectivity index (χ1) is 10.4. The van der Waals surface area contributed by atoms with Crippen LogP contribution in [-0.2, 0) is 6.42 Å². The molecule has 0 radical (unpaired) electrons. The van der Waals surface area contributed by atoms with E-state index in [-0.39, 0.29) is 0 Å². The van der Waals surface area contributed by atoms with E-state index < -0.39 is 0 Å². The highest BCUT2D eigenvalue weighted by molar-refractivity contribution is 6.07.